The molecule has 0 aliphatic rings. The number of hydrogen-bond acceptors (Lipinski definition) is 3. The van der Waals surface area contributed by atoms with Crippen molar-refractivity contribution in [3.63, 3.8) is 0 Å². The number of fused-ring (bicyclic) bond motifs is 5. The molecular weight excluding hydrogens is 695 g/mol. The maximum Gasteiger partial charge on any atom is 0.164 e. The number of para-hydroxylation sites is 1. The zero-order valence-corrected chi connectivity index (χ0v) is 31.4. The molecule has 0 radical (unpaired) electrons. The first kappa shape index (κ1) is 33.9. The molecule has 0 atom stereocenters. The normalized spacial score (nSPS) is 11.6. The largest absolute Gasteiger partial charge is 0.310 e. The average Bonchev–Trinajstić information content (AvgIpc) is 3.77. The first-order valence-corrected chi connectivity index (χ1v) is 19.2. The van der Waals surface area contributed by atoms with Crippen LogP contribution in [0, 0.1) is 6.92 Å². The van der Waals surface area contributed by atoms with Crippen LogP contribution in [0.3, 0.4) is 0 Å². The SMILES string of the molecule is C=C/C=C\c1c(C)c2c3c4ccccc4n(-c4cccc(-c5nc(-c6ccccc6)nc(-c6ccccc6)n5)c4)c3ccc2n1-c1cccc(-c2ccccc2)c1. The van der Waals surface area contributed by atoms with Gasteiger partial charge in [-0.15, -0.1) is 0 Å². The molecule has 3 aromatic heterocycles. The highest BCUT2D eigenvalue weighted by Gasteiger charge is 2.22. The molecule has 3 heterocycles. The lowest BCUT2D eigenvalue weighted by Crippen LogP contribution is -2.01. The van der Waals surface area contributed by atoms with Gasteiger partial charge >= 0.3 is 0 Å². The molecule has 10 rings (SSSR count). The van der Waals surface area contributed by atoms with Gasteiger partial charge in [-0.05, 0) is 72.2 Å². The Morgan fingerprint density at radius 1 is 0.439 bits per heavy atom. The van der Waals surface area contributed by atoms with E-state index in [-0.39, 0.29) is 0 Å². The van der Waals surface area contributed by atoms with Crippen molar-refractivity contribution in [3.05, 3.63) is 206 Å². The van der Waals surface area contributed by atoms with E-state index in [0.29, 0.717) is 17.5 Å². The highest BCUT2D eigenvalue weighted by Crippen LogP contribution is 2.42. The van der Waals surface area contributed by atoms with Gasteiger partial charge in [0.05, 0.1) is 16.6 Å². The molecule has 0 spiro atoms. The molecule has 270 valence electrons. The maximum atomic E-state index is 5.04. The van der Waals surface area contributed by atoms with Gasteiger partial charge in [0, 0.05) is 49.9 Å². The van der Waals surface area contributed by atoms with E-state index in [4.69, 9.17) is 15.0 Å². The lowest BCUT2D eigenvalue weighted by molar-refractivity contribution is 1.07. The van der Waals surface area contributed by atoms with Gasteiger partial charge in [0.1, 0.15) is 0 Å². The van der Waals surface area contributed by atoms with Crippen LogP contribution in [0.15, 0.2) is 195 Å². The number of nitrogens with zero attached hydrogens (tertiary/aromatic N) is 5. The Balaban J connectivity index is 1.19. The Labute approximate surface area is 331 Å². The molecule has 10 aromatic rings. The summed E-state index contributed by atoms with van der Waals surface area (Å²) in [4.78, 5) is 15.0. The fourth-order valence-corrected chi connectivity index (χ4v) is 8.13. The van der Waals surface area contributed by atoms with E-state index in [2.05, 4.69) is 144 Å². The number of benzene rings is 7. The van der Waals surface area contributed by atoms with Crippen LogP contribution in [-0.4, -0.2) is 24.1 Å². The molecule has 0 N–H and O–H groups in total. The minimum Gasteiger partial charge on any atom is -0.310 e. The molecule has 0 saturated heterocycles. The van der Waals surface area contributed by atoms with Crippen molar-refractivity contribution in [2.45, 2.75) is 6.92 Å². The number of hydrogen-bond donors (Lipinski definition) is 0. The Kier molecular flexibility index (Phi) is 8.46. The Morgan fingerprint density at radius 3 is 1.56 bits per heavy atom. The predicted octanol–water partition coefficient (Wildman–Crippen LogP) is 13.1. The van der Waals surface area contributed by atoms with Crippen LogP contribution < -0.4 is 0 Å². The van der Waals surface area contributed by atoms with Crippen molar-refractivity contribution in [3.8, 4) is 56.7 Å². The molecule has 57 heavy (non-hydrogen) atoms. The van der Waals surface area contributed by atoms with Crippen LogP contribution in [0.2, 0.25) is 0 Å². The van der Waals surface area contributed by atoms with Crippen molar-refractivity contribution in [1.29, 1.82) is 0 Å². The summed E-state index contributed by atoms with van der Waals surface area (Å²) < 4.78 is 4.76. The standard InChI is InChI=1S/C52H37N5/c1-3-4-29-44-35(2)48-46(56(44)41-26-16-24-39(33-41)36-18-8-5-9-19-36)31-32-47-49(48)43-28-14-15-30-45(43)57(47)42-27-17-25-40(34-42)52-54-50(37-20-10-6-11-21-37)53-51(55-52)38-22-12-7-13-23-38/h3-34H,1H2,2H3/b29-4-. The molecule has 7 aromatic carbocycles. The number of aromatic nitrogens is 5. The molecular formula is C52H37N5. The number of allylic oxidation sites excluding steroid dienone is 2. The molecule has 0 unspecified atom stereocenters. The summed E-state index contributed by atoms with van der Waals surface area (Å²) in [6.07, 6.45) is 6.04. The van der Waals surface area contributed by atoms with Gasteiger partial charge in [-0.1, -0.05) is 152 Å². The summed E-state index contributed by atoms with van der Waals surface area (Å²) in [5.74, 6) is 1.90. The summed E-state index contributed by atoms with van der Waals surface area (Å²) in [6, 6.07) is 61.4. The summed E-state index contributed by atoms with van der Waals surface area (Å²) in [5.41, 5.74) is 13.0. The minimum absolute atomic E-state index is 0.622. The van der Waals surface area contributed by atoms with Gasteiger partial charge in [-0.3, -0.25) is 0 Å². The van der Waals surface area contributed by atoms with Crippen molar-refractivity contribution < 1.29 is 0 Å². The third kappa shape index (κ3) is 5.94. The smallest absolute Gasteiger partial charge is 0.164 e. The van der Waals surface area contributed by atoms with Gasteiger partial charge < -0.3 is 9.13 Å². The van der Waals surface area contributed by atoms with E-state index in [1.165, 1.54) is 32.8 Å². The first-order valence-electron chi connectivity index (χ1n) is 19.2. The molecule has 0 saturated carbocycles. The second-order valence-corrected chi connectivity index (χ2v) is 14.2. The van der Waals surface area contributed by atoms with E-state index in [0.717, 1.165) is 50.3 Å². The van der Waals surface area contributed by atoms with Crippen molar-refractivity contribution in [2.24, 2.45) is 0 Å². The maximum absolute atomic E-state index is 5.04. The van der Waals surface area contributed by atoms with Crippen LogP contribution in [0.25, 0.3) is 95.5 Å². The second kappa shape index (κ2) is 14.2. The molecule has 0 aliphatic heterocycles. The summed E-state index contributed by atoms with van der Waals surface area (Å²) in [5, 5.41) is 3.64. The lowest BCUT2D eigenvalue weighted by Gasteiger charge is -2.12. The van der Waals surface area contributed by atoms with Gasteiger partial charge in [0.15, 0.2) is 17.5 Å². The van der Waals surface area contributed by atoms with Crippen LogP contribution >= 0.6 is 0 Å². The van der Waals surface area contributed by atoms with Gasteiger partial charge in [0.2, 0.25) is 0 Å². The van der Waals surface area contributed by atoms with Crippen molar-refractivity contribution in [2.75, 3.05) is 0 Å². The topological polar surface area (TPSA) is 48.5 Å². The average molecular weight is 732 g/mol. The molecule has 0 fully saturated rings. The second-order valence-electron chi connectivity index (χ2n) is 14.2. The zero-order chi connectivity index (χ0) is 38.3. The fraction of sp³-hybridized carbons (Fsp3) is 0.0192. The van der Waals surface area contributed by atoms with E-state index in [1.807, 2.05) is 72.8 Å². The van der Waals surface area contributed by atoms with Crippen LogP contribution in [-0.2, 0) is 0 Å². The molecule has 0 bridgehead atoms. The lowest BCUT2D eigenvalue weighted by atomic mass is 10.0. The van der Waals surface area contributed by atoms with E-state index in [9.17, 15) is 0 Å². The highest BCUT2D eigenvalue weighted by atomic mass is 15.0. The predicted molar refractivity (Wildman–Crippen MR) is 237 cm³/mol. The quantitative estimate of drug-likeness (QED) is 0.146. The van der Waals surface area contributed by atoms with Crippen molar-refractivity contribution >= 4 is 38.8 Å². The zero-order valence-electron chi connectivity index (χ0n) is 31.4. The van der Waals surface area contributed by atoms with Crippen molar-refractivity contribution in [1.82, 2.24) is 24.1 Å². The fourth-order valence-electron chi connectivity index (χ4n) is 8.13. The van der Waals surface area contributed by atoms with Gasteiger partial charge in [0.25, 0.3) is 0 Å². The summed E-state index contributed by atoms with van der Waals surface area (Å²) >= 11 is 0. The molecule has 5 nitrogen and oxygen atoms in total. The van der Waals surface area contributed by atoms with Crippen LogP contribution in [0.4, 0.5) is 0 Å². The van der Waals surface area contributed by atoms with E-state index < -0.39 is 0 Å². The van der Waals surface area contributed by atoms with Crippen LogP contribution in [0.1, 0.15) is 11.3 Å². The summed E-state index contributed by atoms with van der Waals surface area (Å²) in [7, 11) is 0. The highest BCUT2D eigenvalue weighted by molar-refractivity contribution is 6.22. The number of aryl methyl sites for hydroxylation is 1. The molecule has 0 amide bonds. The van der Waals surface area contributed by atoms with Gasteiger partial charge in [-0.25, -0.2) is 15.0 Å². The number of rotatable bonds is 8. The molecule has 0 aliphatic carbocycles. The Morgan fingerprint density at radius 2 is 0.930 bits per heavy atom. The first-order chi connectivity index (χ1) is 28.2. The third-order valence-electron chi connectivity index (χ3n) is 10.7. The third-order valence-corrected chi connectivity index (χ3v) is 10.7. The monoisotopic (exact) mass is 731 g/mol. The summed E-state index contributed by atoms with van der Waals surface area (Å²) in [6.45, 7) is 6.24. The van der Waals surface area contributed by atoms with Crippen LogP contribution in [0.5, 0.6) is 0 Å². The molecule has 5 heteroatoms. The van der Waals surface area contributed by atoms with E-state index >= 15 is 0 Å². The Hall–Kier alpha value is -7.63. The van der Waals surface area contributed by atoms with Gasteiger partial charge in [-0.2, -0.15) is 0 Å². The van der Waals surface area contributed by atoms with E-state index in [1.54, 1.807) is 0 Å². The minimum atomic E-state index is 0.622. The Bertz CT molecular complexity index is 3080.